The van der Waals surface area contributed by atoms with Gasteiger partial charge in [-0.2, -0.15) is 0 Å². The number of amides is 1. The Balaban J connectivity index is 1.73. The summed E-state index contributed by atoms with van der Waals surface area (Å²) in [6.07, 6.45) is 1.81. The Morgan fingerprint density at radius 3 is 2.53 bits per heavy atom. The van der Waals surface area contributed by atoms with Crippen molar-refractivity contribution >= 4 is 23.4 Å². The van der Waals surface area contributed by atoms with Gasteiger partial charge in [-0.25, -0.2) is 0 Å². The minimum atomic E-state index is -0.0667. The van der Waals surface area contributed by atoms with E-state index >= 15 is 0 Å². The molecule has 0 bridgehead atoms. The predicted molar refractivity (Wildman–Crippen MR) is 125 cm³/mol. The van der Waals surface area contributed by atoms with Crippen LogP contribution >= 0.6 is 11.8 Å². The van der Waals surface area contributed by atoms with E-state index in [1.54, 1.807) is 0 Å². The lowest BCUT2D eigenvalue weighted by Crippen LogP contribution is -2.15. The van der Waals surface area contributed by atoms with Crippen molar-refractivity contribution in [3.8, 4) is 11.4 Å². The number of benzene rings is 2. The van der Waals surface area contributed by atoms with E-state index in [0.29, 0.717) is 17.6 Å². The third kappa shape index (κ3) is 5.19. The highest BCUT2D eigenvalue weighted by atomic mass is 32.2. The fourth-order valence-electron chi connectivity index (χ4n) is 3.19. The number of rotatable bonds is 8. The molecule has 5 nitrogen and oxygen atoms in total. The zero-order valence-corrected chi connectivity index (χ0v) is 18.8. The molecule has 1 aromatic heterocycles. The van der Waals surface area contributed by atoms with Gasteiger partial charge in [0.15, 0.2) is 11.0 Å². The second-order valence-corrected chi connectivity index (χ2v) is 8.58. The molecule has 30 heavy (non-hydrogen) atoms. The summed E-state index contributed by atoms with van der Waals surface area (Å²) >= 11 is 1.38. The fourth-order valence-corrected chi connectivity index (χ4v) is 3.94. The first-order chi connectivity index (χ1) is 14.4. The zero-order chi connectivity index (χ0) is 21.7. The molecule has 6 heteroatoms. The van der Waals surface area contributed by atoms with Crippen molar-refractivity contribution in [2.75, 3.05) is 11.1 Å². The molecule has 156 valence electrons. The first-order valence-corrected chi connectivity index (χ1v) is 11.0. The maximum atomic E-state index is 12.5. The maximum Gasteiger partial charge on any atom is 0.234 e. The van der Waals surface area contributed by atoms with Gasteiger partial charge in [-0.3, -0.25) is 9.36 Å². The second kappa shape index (κ2) is 9.76. The molecule has 0 saturated carbocycles. The van der Waals surface area contributed by atoms with Crippen LogP contribution in [-0.4, -0.2) is 26.4 Å². The molecule has 3 rings (SSSR count). The molecule has 0 aliphatic rings. The first kappa shape index (κ1) is 21.8. The van der Waals surface area contributed by atoms with Crippen LogP contribution in [0, 0.1) is 13.8 Å². The van der Waals surface area contributed by atoms with Crippen LogP contribution < -0.4 is 5.32 Å². The maximum absolute atomic E-state index is 12.5. The summed E-state index contributed by atoms with van der Waals surface area (Å²) in [4.78, 5) is 12.5. The summed E-state index contributed by atoms with van der Waals surface area (Å²) in [5.41, 5.74) is 5.35. The van der Waals surface area contributed by atoms with Gasteiger partial charge in [0.25, 0.3) is 0 Å². The normalized spacial score (nSPS) is 11.0. The SMILES string of the molecule is C=CCn1c(SCC(=O)Nc2ccc(C)cc2C)nnc1-c1ccc(C(C)C)cc1. The number of nitrogens with one attached hydrogen (secondary N) is 1. The number of aryl methyl sites for hydroxylation is 2. The summed E-state index contributed by atoms with van der Waals surface area (Å²) in [6, 6.07) is 14.4. The summed E-state index contributed by atoms with van der Waals surface area (Å²) < 4.78 is 1.99. The molecule has 1 amide bonds. The molecule has 0 aliphatic heterocycles. The third-order valence-electron chi connectivity index (χ3n) is 4.85. The number of anilines is 1. The molecule has 0 atom stereocenters. The summed E-state index contributed by atoms with van der Waals surface area (Å²) in [5, 5.41) is 12.4. The Hall–Kier alpha value is -2.86. The highest BCUT2D eigenvalue weighted by molar-refractivity contribution is 7.99. The van der Waals surface area contributed by atoms with E-state index in [2.05, 4.69) is 66.3 Å². The van der Waals surface area contributed by atoms with Crippen LogP contribution in [0.25, 0.3) is 11.4 Å². The fraction of sp³-hybridized carbons (Fsp3) is 0.292. The van der Waals surface area contributed by atoms with Crippen LogP contribution in [0.15, 0.2) is 60.3 Å². The lowest BCUT2D eigenvalue weighted by Gasteiger charge is -2.10. The van der Waals surface area contributed by atoms with Gasteiger partial charge in [0.1, 0.15) is 0 Å². The number of hydrogen-bond acceptors (Lipinski definition) is 4. The molecule has 2 aromatic carbocycles. The number of aromatic nitrogens is 3. The average molecular weight is 421 g/mol. The number of hydrogen-bond donors (Lipinski definition) is 1. The average Bonchev–Trinajstić information content (AvgIpc) is 3.11. The van der Waals surface area contributed by atoms with Gasteiger partial charge < -0.3 is 5.32 Å². The predicted octanol–water partition coefficient (Wildman–Crippen LogP) is 5.60. The molecule has 0 saturated heterocycles. The van der Waals surface area contributed by atoms with Gasteiger partial charge in [0, 0.05) is 17.8 Å². The van der Waals surface area contributed by atoms with E-state index in [0.717, 1.165) is 22.6 Å². The van der Waals surface area contributed by atoms with Crippen molar-refractivity contribution in [2.24, 2.45) is 0 Å². The smallest absolute Gasteiger partial charge is 0.234 e. The highest BCUT2D eigenvalue weighted by Crippen LogP contribution is 2.26. The van der Waals surface area contributed by atoms with Crippen LogP contribution in [0.1, 0.15) is 36.5 Å². The second-order valence-electron chi connectivity index (χ2n) is 7.64. The number of carbonyl (C=O) groups excluding carboxylic acids is 1. The number of carbonyl (C=O) groups is 1. The molecule has 1 N–H and O–H groups in total. The summed E-state index contributed by atoms with van der Waals surface area (Å²) in [5.74, 6) is 1.45. The van der Waals surface area contributed by atoms with Gasteiger partial charge in [0.05, 0.1) is 5.75 Å². The summed E-state index contributed by atoms with van der Waals surface area (Å²) in [6.45, 7) is 12.8. The van der Waals surface area contributed by atoms with Crippen LogP contribution in [0.5, 0.6) is 0 Å². The lowest BCUT2D eigenvalue weighted by molar-refractivity contribution is -0.113. The standard InChI is InChI=1S/C24H28N4OS/c1-6-13-28-23(20-10-8-19(9-11-20)16(2)3)26-27-24(28)30-15-22(29)25-21-12-7-17(4)14-18(21)5/h6-12,14,16H,1,13,15H2,2-5H3,(H,25,29). The van der Waals surface area contributed by atoms with Crippen LogP contribution in [-0.2, 0) is 11.3 Å². The molecule has 1 heterocycles. The Morgan fingerprint density at radius 1 is 1.17 bits per heavy atom. The van der Waals surface area contributed by atoms with Crippen molar-refractivity contribution in [3.05, 3.63) is 71.8 Å². The van der Waals surface area contributed by atoms with E-state index in [1.165, 1.54) is 22.9 Å². The largest absolute Gasteiger partial charge is 0.325 e. The Morgan fingerprint density at radius 2 is 1.90 bits per heavy atom. The first-order valence-electron chi connectivity index (χ1n) is 10.0. The number of allylic oxidation sites excluding steroid dienone is 1. The Kier molecular flexibility index (Phi) is 7.11. The van der Waals surface area contributed by atoms with E-state index in [4.69, 9.17) is 0 Å². The van der Waals surface area contributed by atoms with E-state index in [-0.39, 0.29) is 11.7 Å². The number of nitrogens with zero attached hydrogens (tertiary/aromatic N) is 3. The van der Waals surface area contributed by atoms with Gasteiger partial charge in [-0.05, 0) is 37.0 Å². The zero-order valence-electron chi connectivity index (χ0n) is 18.0. The van der Waals surface area contributed by atoms with Gasteiger partial charge in [-0.1, -0.05) is 73.6 Å². The van der Waals surface area contributed by atoms with Gasteiger partial charge >= 0.3 is 0 Å². The van der Waals surface area contributed by atoms with Crippen molar-refractivity contribution in [1.82, 2.24) is 14.8 Å². The van der Waals surface area contributed by atoms with E-state index < -0.39 is 0 Å². The minimum absolute atomic E-state index is 0.0667. The molecular weight excluding hydrogens is 392 g/mol. The van der Waals surface area contributed by atoms with Crippen molar-refractivity contribution < 1.29 is 4.79 Å². The van der Waals surface area contributed by atoms with Crippen LogP contribution in [0.2, 0.25) is 0 Å². The van der Waals surface area contributed by atoms with Crippen molar-refractivity contribution in [3.63, 3.8) is 0 Å². The topological polar surface area (TPSA) is 59.8 Å². The van der Waals surface area contributed by atoms with E-state index in [9.17, 15) is 4.79 Å². The monoisotopic (exact) mass is 420 g/mol. The quantitative estimate of drug-likeness (QED) is 0.380. The van der Waals surface area contributed by atoms with Crippen LogP contribution in [0.3, 0.4) is 0 Å². The minimum Gasteiger partial charge on any atom is -0.325 e. The molecule has 0 radical (unpaired) electrons. The summed E-state index contributed by atoms with van der Waals surface area (Å²) in [7, 11) is 0. The van der Waals surface area contributed by atoms with Crippen LogP contribution in [0.4, 0.5) is 5.69 Å². The Labute approximate surface area is 182 Å². The molecule has 0 aliphatic carbocycles. The molecular formula is C24H28N4OS. The molecule has 0 fully saturated rings. The highest BCUT2D eigenvalue weighted by Gasteiger charge is 2.15. The van der Waals surface area contributed by atoms with Crippen molar-refractivity contribution in [1.29, 1.82) is 0 Å². The van der Waals surface area contributed by atoms with Gasteiger partial charge in [0.2, 0.25) is 5.91 Å². The molecule has 0 unspecified atom stereocenters. The lowest BCUT2D eigenvalue weighted by atomic mass is 10.0. The molecule has 3 aromatic rings. The van der Waals surface area contributed by atoms with Crippen molar-refractivity contribution in [2.45, 2.75) is 45.3 Å². The Bertz CT molecular complexity index is 1040. The third-order valence-corrected chi connectivity index (χ3v) is 5.82. The van der Waals surface area contributed by atoms with E-state index in [1.807, 2.05) is 36.6 Å². The molecule has 0 spiro atoms. The number of thioether (sulfide) groups is 1. The van der Waals surface area contributed by atoms with Gasteiger partial charge in [-0.15, -0.1) is 16.8 Å².